The maximum absolute atomic E-state index is 13.4. The van der Waals surface area contributed by atoms with Gasteiger partial charge in [0, 0.05) is 18.7 Å². The molecule has 1 unspecified atom stereocenters. The number of nitrogens with one attached hydrogen (secondary N) is 1. The van der Waals surface area contributed by atoms with Gasteiger partial charge in [0.2, 0.25) is 0 Å². The Morgan fingerprint density at radius 2 is 2.26 bits per heavy atom. The third-order valence-corrected chi connectivity index (χ3v) is 3.48. The van der Waals surface area contributed by atoms with Crippen LogP contribution in [0, 0.1) is 18.7 Å². The minimum Gasteiger partial charge on any atom is -0.338 e. The Labute approximate surface area is 119 Å². The minimum atomic E-state index is -0.313. The molecule has 2 rings (SSSR count). The molecule has 1 saturated heterocycles. The normalized spacial score (nSPS) is 18.3. The van der Waals surface area contributed by atoms with Crippen molar-refractivity contribution in [2.75, 3.05) is 26.7 Å². The number of halogens is 2. The highest BCUT2D eigenvalue weighted by molar-refractivity contribution is 5.94. The van der Waals surface area contributed by atoms with Crippen molar-refractivity contribution < 1.29 is 9.18 Å². The van der Waals surface area contributed by atoms with Crippen molar-refractivity contribution in [2.45, 2.75) is 13.3 Å². The predicted octanol–water partition coefficient (Wildman–Crippen LogP) is 2.24. The van der Waals surface area contributed by atoms with E-state index < -0.39 is 0 Å². The Kier molecular flexibility index (Phi) is 5.76. The van der Waals surface area contributed by atoms with Crippen molar-refractivity contribution in [3.63, 3.8) is 0 Å². The highest BCUT2D eigenvalue weighted by Gasteiger charge is 2.26. The second-order valence-electron chi connectivity index (χ2n) is 4.93. The van der Waals surface area contributed by atoms with Crippen LogP contribution in [0.1, 0.15) is 22.3 Å². The fraction of sp³-hybridized carbons (Fsp3) is 0.500. The summed E-state index contributed by atoms with van der Waals surface area (Å²) in [5, 5.41) is 3.13. The van der Waals surface area contributed by atoms with Gasteiger partial charge in [-0.1, -0.05) is 6.07 Å². The van der Waals surface area contributed by atoms with Crippen molar-refractivity contribution in [3.05, 3.63) is 35.1 Å². The number of carbonyl (C=O) groups excluding carboxylic acids is 1. The largest absolute Gasteiger partial charge is 0.338 e. The molecule has 3 nitrogen and oxygen atoms in total. The van der Waals surface area contributed by atoms with E-state index in [2.05, 4.69) is 5.32 Å². The second kappa shape index (κ2) is 6.87. The van der Waals surface area contributed by atoms with Crippen molar-refractivity contribution in [3.8, 4) is 0 Å². The molecule has 1 N–H and O–H groups in total. The molecule has 1 fully saturated rings. The highest BCUT2D eigenvalue weighted by atomic mass is 35.5. The molecule has 1 atom stereocenters. The molecule has 1 aromatic carbocycles. The number of aryl methyl sites for hydroxylation is 1. The molecule has 1 heterocycles. The summed E-state index contributed by atoms with van der Waals surface area (Å²) in [5.74, 6) is 0.133. The van der Waals surface area contributed by atoms with Gasteiger partial charge in [0.15, 0.2) is 0 Å². The molecule has 0 radical (unpaired) electrons. The molecule has 5 heteroatoms. The van der Waals surface area contributed by atoms with E-state index in [1.54, 1.807) is 19.1 Å². The summed E-state index contributed by atoms with van der Waals surface area (Å²) in [7, 11) is 1.92. The fourth-order valence-electron chi connectivity index (χ4n) is 2.38. The maximum atomic E-state index is 13.4. The van der Waals surface area contributed by atoms with Gasteiger partial charge in [-0.25, -0.2) is 4.39 Å². The van der Waals surface area contributed by atoms with Gasteiger partial charge in [0.25, 0.3) is 5.91 Å². The number of nitrogens with zero attached hydrogens (tertiary/aromatic N) is 1. The smallest absolute Gasteiger partial charge is 0.253 e. The minimum absolute atomic E-state index is 0. The maximum Gasteiger partial charge on any atom is 0.253 e. The number of benzene rings is 1. The molecule has 1 aliphatic heterocycles. The molecule has 1 aromatic rings. The Morgan fingerprint density at radius 3 is 2.89 bits per heavy atom. The number of carbonyl (C=O) groups is 1. The van der Waals surface area contributed by atoms with Crippen LogP contribution in [0.4, 0.5) is 4.39 Å². The SMILES string of the molecule is CNCC1CCN(C(=O)c2ccc(C)c(F)c2)C1.Cl. The van der Waals surface area contributed by atoms with Gasteiger partial charge in [0.1, 0.15) is 5.82 Å². The molecule has 0 bridgehead atoms. The number of hydrogen-bond donors (Lipinski definition) is 1. The van der Waals surface area contributed by atoms with E-state index in [-0.39, 0.29) is 24.1 Å². The van der Waals surface area contributed by atoms with E-state index in [9.17, 15) is 9.18 Å². The third kappa shape index (κ3) is 3.67. The Bertz CT molecular complexity index is 453. The molecule has 19 heavy (non-hydrogen) atoms. The van der Waals surface area contributed by atoms with Crippen LogP contribution in [0.3, 0.4) is 0 Å². The van der Waals surface area contributed by atoms with Crippen LogP contribution >= 0.6 is 12.4 Å². The van der Waals surface area contributed by atoms with Crippen LogP contribution in [-0.4, -0.2) is 37.5 Å². The summed E-state index contributed by atoms with van der Waals surface area (Å²) in [4.78, 5) is 14.0. The van der Waals surface area contributed by atoms with Crippen LogP contribution in [0.15, 0.2) is 18.2 Å². The second-order valence-corrected chi connectivity index (χ2v) is 4.93. The zero-order chi connectivity index (χ0) is 13.1. The van der Waals surface area contributed by atoms with Gasteiger partial charge in [-0.15, -0.1) is 12.4 Å². The van der Waals surface area contributed by atoms with Gasteiger partial charge in [0.05, 0.1) is 0 Å². The van der Waals surface area contributed by atoms with Gasteiger partial charge < -0.3 is 10.2 Å². The Hall–Kier alpha value is -1.13. The van der Waals surface area contributed by atoms with Crippen LogP contribution in [0.25, 0.3) is 0 Å². The quantitative estimate of drug-likeness (QED) is 0.924. The molecular formula is C14H20ClFN2O. The van der Waals surface area contributed by atoms with Crippen molar-refractivity contribution in [2.24, 2.45) is 5.92 Å². The molecule has 0 aromatic heterocycles. The van der Waals surface area contributed by atoms with E-state index in [4.69, 9.17) is 0 Å². The lowest BCUT2D eigenvalue weighted by Gasteiger charge is -2.16. The molecule has 0 saturated carbocycles. The first-order valence-electron chi connectivity index (χ1n) is 6.32. The van der Waals surface area contributed by atoms with Crippen LogP contribution in [0.5, 0.6) is 0 Å². The van der Waals surface area contributed by atoms with Gasteiger partial charge >= 0.3 is 0 Å². The van der Waals surface area contributed by atoms with Crippen molar-refractivity contribution in [1.82, 2.24) is 10.2 Å². The van der Waals surface area contributed by atoms with E-state index >= 15 is 0 Å². The van der Waals surface area contributed by atoms with Gasteiger partial charge in [-0.3, -0.25) is 4.79 Å². The van der Waals surface area contributed by atoms with Gasteiger partial charge in [-0.05, 0) is 50.6 Å². The Morgan fingerprint density at radius 1 is 1.53 bits per heavy atom. The third-order valence-electron chi connectivity index (χ3n) is 3.48. The monoisotopic (exact) mass is 286 g/mol. The van der Waals surface area contributed by atoms with E-state index in [0.717, 1.165) is 26.1 Å². The lowest BCUT2D eigenvalue weighted by molar-refractivity contribution is 0.0786. The van der Waals surface area contributed by atoms with Crippen molar-refractivity contribution >= 4 is 18.3 Å². The fourth-order valence-corrected chi connectivity index (χ4v) is 2.38. The molecule has 1 amide bonds. The Balaban J connectivity index is 0.00000180. The molecular weight excluding hydrogens is 267 g/mol. The lowest BCUT2D eigenvalue weighted by atomic mass is 10.1. The summed E-state index contributed by atoms with van der Waals surface area (Å²) in [6.07, 6.45) is 1.01. The molecule has 0 spiro atoms. The first-order valence-corrected chi connectivity index (χ1v) is 6.32. The summed E-state index contributed by atoms with van der Waals surface area (Å²) in [5.41, 5.74) is 1.02. The molecule has 106 valence electrons. The summed E-state index contributed by atoms with van der Waals surface area (Å²) in [6, 6.07) is 4.69. The van der Waals surface area contributed by atoms with Crippen molar-refractivity contribution in [1.29, 1.82) is 0 Å². The average Bonchev–Trinajstić information content (AvgIpc) is 2.81. The summed E-state index contributed by atoms with van der Waals surface area (Å²) < 4.78 is 13.4. The first-order chi connectivity index (χ1) is 8.61. The predicted molar refractivity (Wildman–Crippen MR) is 76.3 cm³/mol. The molecule has 0 aliphatic carbocycles. The van der Waals surface area contributed by atoms with Crippen LogP contribution < -0.4 is 5.32 Å². The standard InChI is InChI=1S/C14H19FN2O.ClH/c1-10-3-4-12(7-13(10)15)14(18)17-6-5-11(9-17)8-16-2;/h3-4,7,11,16H,5-6,8-9H2,1-2H3;1H. The van der Waals surface area contributed by atoms with E-state index in [1.807, 2.05) is 11.9 Å². The summed E-state index contributed by atoms with van der Waals surface area (Å²) in [6.45, 7) is 4.14. The lowest BCUT2D eigenvalue weighted by Crippen LogP contribution is -2.30. The number of hydrogen-bond acceptors (Lipinski definition) is 2. The highest BCUT2D eigenvalue weighted by Crippen LogP contribution is 2.19. The van der Waals surface area contributed by atoms with E-state index in [1.165, 1.54) is 6.07 Å². The summed E-state index contributed by atoms with van der Waals surface area (Å²) >= 11 is 0. The van der Waals surface area contributed by atoms with Crippen LogP contribution in [0.2, 0.25) is 0 Å². The van der Waals surface area contributed by atoms with Crippen LogP contribution in [-0.2, 0) is 0 Å². The first kappa shape index (κ1) is 15.9. The topological polar surface area (TPSA) is 32.3 Å². The molecule has 1 aliphatic rings. The average molecular weight is 287 g/mol. The zero-order valence-electron chi connectivity index (χ0n) is 11.3. The van der Waals surface area contributed by atoms with E-state index in [0.29, 0.717) is 17.0 Å². The zero-order valence-corrected chi connectivity index (χ0v) is 12.1. The number of rotatable bonds is 3. The number of likely N-dealkylation sites (tertiary alicyclic amines) is 1. The van der Waals surface area contributed by atoms with Gasteiger partial charge in [-0.2, -0.15) is 0 Å². The number of amides is 1.